The number of hydrogen-bond acceptors (Lipinski definition) is 3. The second-order valence-electron chi connectivity index (χ2n) is 6.83. The van der Waals surface area contributed by atoms with E-state index in [2.05, 4.69) is 24.3 Å². The van der Waals surface area contributed by atoms with Crippen molar-refractivity contribution < 1.29 is 9.53 Å². The molecule has 2 rings (SSSR count). The minimum absolute atomic E-state index is 0.00599. The lowest BCUT2D eigenvalue weighted by atomic mass is 9.87. The number of carbonyl (C=O) groups excluding carboxylic acids is 1. The van der Waals surface area contributed by atoms with Crippen molar-refractivity contribution in [2.75, 3.05) is 13.1 Å². The van der Waals surface area contributed by atoms with Gasteiger partial charge in [-0.05, 0) is 45.1 Å². The van der Waals surface area contributed by atoms with Crippen LogP contribution >= 0.6 is 0 Å². The molecule has 0 aromatic heterocycles. The fraction of sp³-hybridized carbons (Fsp3) is 0.588. The summed E-state index contributed by atoms with van der Waals surface area (Å²) in [6.45, 7) is 6.94. The summed E-state index contributed by atoms with van der Waals surface area (Å²) in [4.78, 5) is 13.8. The highest BCUT2D eigenvalue weighted by atomic mass is 16.6. The number of benzene rings is 1. The van der Waals surface area contributed by atoms with Crippen LogP contribution in [0.25, 0.3) is 0 Å². The van der Waals surface area contributed by atoms with E-state index >= 15 is 0 Å². The summed E-state index contributed by atoms with van der Waals surface area (Å²) < 4.78 is 5.41. The lowest BCUT2D eigenvalue weighted by Crippen LogP contribution is -2.52. The Balaban J connectivity index is 1.89. The number of ether oxygens (including phenoxy) is 1. The van der Waals surface area contributed by atoms with Crippen molar-refractivity contribution in [1.29, 1.82) is 0 Å². The zero-order chi connectivity index (χ0) is 15.5. The van der Waals surface area contributed by atoms with E-state index in [4.69, 9.17) is 10.5 Å². The third-order valence-corrected chi connectivity index (χ3v) is 3.80. The minimum atomic E-state index is -0.456. The van der Waals surface area contributed by atoms with Gasteiger partial charge in [-0.2, -0.15) is 0 Å². The van der Waals surface area contributed by atoms with Crippen LogP contribution in [0.4, 0.5) is 4.79 Å². The van der Waals surface area contributed by atoms with Gasteiger partial charge in [-0.3, -0.25) is 0 Å². The first kappa shape index (κ1) is 15.8. The molecular weight excluding hydrogens is 264 g/mol. The topological polar surface area (TPSA) is 55.6 Å². The number of hydrogen-bond donors (Lipinski definition) is 1. The van der Waals surface area contributed by atoms with Gasteiger partial charge in [0.2, 0.25) is 0 Å². The fourth-order valence-electron chi connectivity index (χ4n) is 2.69. The normalized spacial score (nSPS) is 23.0. The fourth-order valence-corrected chi connectivity index (χ4v) is 2.69. The monoisotopic (exact) mass is 290 g/mol. The Morgan fingerprint density at radius 1 is 1.33 bits per heavy atom. The Kier molecular flexibility index (Phi) is 4.88. The van der Waals surface area contributed by atoms with Gasteiger partial charge < -0.3 is 15.4 Å². The molecule has 0 aliphatic carbocycles. The van der Waals surface area contributed by atoms with Crippen LogP contribution in [0.3, 0.4) is 0 Å². The van der Waals surface area contributed by atoms with Crippen molar-refractivity contribution in [3.05, 3.63) is 35.9 Å². The molecule has 116 valence electrons. The quantitative estimate of drug-likeness (QED) is 0.911. The van der Waals surface area contributed by atoms with E-state index in [1.165, 1.54) is 5.56 Å². The first-order valence-corrected chi connectivity index (χ1v) is 7.62. The Bertz CT molecular complexity index is 467. The number of nitrogens with two attached hydrogens (primary N) is 1. The first-order valence-electron chi connectivity index (χ1n) is 7.62. The van der Waals surface area contributed by atoms with Crippen LogP contribution in [0, 0.1) is 5.92 Å². The molecule has 2 N–H and O–H groups in total. The Hall–Kier alpha value is -1.55. The molecule has 1 heterocycles. The number of nitrogens with zero attached hydrogens (tertiary/aromatic N) is 1. The van der Waals surface area contributed by atoms with Gasteiger partial charge in [-0.1, -0.05) is 30.3 Å². The molecule has 0 unspecified atom stereocenters. The van der Waals surface area contributed by atoms with Crippen molar-refractivity contribution in [2.45, 2.75) is 45.3 Å². The summed E-state index contributed by atoms with van der Waals surface area (Å²) in [5.74, 6) is 0.422. The van der Waals surface area contributed by atoms with Gasteiger partial charge in [0.1, 0.15) is 5.60 Å². The van der Waals surface area contributed by atoms with E-state index in [1.807, 2.05) is 26.8 Å². The number of piperidine rings is 1. The molecule has 4 nitrogen and oxygen atoms in total. The van der Waals surface area contributed by atoms with Crippen LogP contribution in [-0.2, 0) is 11.2 Å². The summed E-state index contributed by atoms with van der Waals surface area (Å²) in [5.41, 5.74) is 7.12. The van der Waals surface area contributed by atoms with E-state index in [9.17, 15) is 4.79 Å². The third kappa shape index (κ3) is 4.74. The summed E-state index contributed by atoms with van der Waals surface area (Å²) in [6.07, 6.45) is 1.65. The van der Waals surface area contributed by atoms with E-state index in [0.717, 1.165) is 19.4 Å². The SMILES string of the molecule is CC(C)(C)OC(=O)N1CC[C@@H](Cc2ccccc2)[C@@H](N)C1. The zero-order valence-corrected chi connectivity index (χ0v) is 13.2. The van der Waals surface area contributed by atoms with Crippen LogP contribution in [0.15, 0.2) is 30.3 Å². The molecule has 0 radical (unpaired) electrons. The summed E-state index contributed by atoms with van der Waals surface area (Å²) in [5, 5.41) is 0. The summed E-state index contributed by atoms with van der Waals surface area (Å²) in [6, 6.07) is 10.4. The van der Waals surface area contributed by atoms with Gasteiger partial charge >= 0.3 is 6.09 Å². The second-order valence-corrected chi connectivity index (χ2v) is 6.83. The van der Waals surface area contributed by atoms with Crippen LogP contribution in [0.5, 0.6) is 0 Å². The number of amides is 1. The first-order chi connectivity index (χ1) is 9.85. The maximum atomic E-state index is 12.1. The highest BCUT2D eigenvalue weighted by molar-refractivity contribution is 5.68. The minimum Gasteiger partial charge on any atom is -0.444 e. The predicted molar refractivity (Wildman–Crippen MR) is 84.0 cm³/mol. The molecular formula is C17H26N2O2. The Morgan fingerprint density at radius 3 is 2.57 bits per heavy atom. The van der Waals surface area contributed by atoms with Crippen LogP contribution in [0.2, 0.25) is 0 Å². The molecule has 0 spiro atoms. The highest BCUT2D eigenvalue weighted by Crippen LogP contribution is 2.22. The van der Waals surface area contributed by atoms with E-state index in [0.29, 0.717) is 12.5 Å². The molecule has 21 heavy (non-hydrogen) atoms. The van der Waals surface area contributed by atoms with Crippen molar-refractivity contribution >= 4 is 6.09 Å². The lowest BCUT2D eigenvalue weighted by Gasteiger charge is -2.37. The molecule has 1 aliphatic heterocycles. The number of rotatable bonds is 2. The predicted octanol–water partition coefficient (Wildman–Crippen LogP) is 2.81. The average Bonchev–Trinajstić information content (AvgIpc) is 2.40. The van der Waals surface area contributed by atoms with Crippen molar-refractivity contribution in [3.8, 4) is 0 Å². The number of carbonyl (C=O) groups is 1. The second kappa shape index (κ2) is 6.48. The standard InChI is InChI=1S/C17H26N2O2/c1-17(2,3)21-16(20)19-10-9-14(15(18)12-19)11-13-7-5-4-6-8-13/h4-8,14-15H,9-12,18H2,1-3H3/t14-,15-/m0/s1. The van der Waals surface area contributed by atoms with E-state index < -0.39 is 5.60 Å². The molecule has 4 heteroatoms. The van der Waals surface area contributed by atoms with Crippen molar-refractivity contribution in [1.82, 2.24) is 4.90 Å². The van der Waals surface area contributed by atoms with Gasteiger partial charge in [-0.15, -0.1) is 0 Å². The third-order valence-electron chi connectivity index (χ3n) is 3.80. The Morgan fingerprint density at radius 2 is 2.00 bits per heavy atom. The van der Waals surface area contributed by atoms with Crippen LogP contribution in [-0.4, -0.2) is 35.7 Å². The lowest BCUT2D eigenvalue weighted by molar-refractivity contribution is 0.0160. The van der Waals surface area contributed by atoms with Gasteiger partial charge in [0.05, 0.1) is 0 Å². The van der Waals surface area contributed by atoms with Crippen molar-refractivity contribution in [2.24, 2.45) is 11.7 Å². The van der Waals surface area contributed by atoms with Gasteiger partial charge in [0.25, 0.3) is 0 Å². The molecule has 1 amide bonds. The molecule has 1 aliphatic rings. The van der Waals surface area contributed by atoms with E-state index in [-0.39, 0.29) is 12.1 Å². The average molecular weight is 290 g/mol. The molecule has 1 fully saturated rings. The van der Waals surface area contributed by atoms with E-state index in [1.54, 1.807) is 4.90 Å². The van der Waals surface area contributed by atoms with Crippen LogP contribution in [0.1, 0.15) is 32.8 Å². The molecule has 0 saturated carbocycles. The molecule has 2 atom stereocenters. The maximum absolute atomic E-state index is 12.1. The molecule has 0 bridgehead atoms. The highest BCUT2D eigenvalue weighted by Gasteiger charge is 2.31. The maximum Gasteiger partial charge on any atom is 0.410 e. The summed E-state index contributed by atoms with van der Waals surface area (Å²) in [7, 11) is 0. The van der Waals surface area contributed by atoms with Crippen molar-refractivity contribution in [3.63, 3.8) is 0 Å². The molecule has 1 aromatic carbocycles. The van der Waals surface area contributed by atoms with Gasteiger partial charge in [-0.25, -0.2) is 4.79 Å². The molecule has 1 saturated heterocycles. The smallest absolute Gasteiger partial charge is 0.410 e. The zero-order valence-electron chi connectivity index (χ0n) is 13.2. The molecule has 1 aromatic rings. The summed E-state index contributed by atoms with van der Waals surface area (Å²) >= 11 is 0. The van der Waals surface area contributed by atoms with Gasteiger partial charge in [0.15, 0.2) is 0 Å². The largest absolute Gasteiger partial charge is 0.444 e. The number of likely N-dealkylation sites (tertiary alicyclic amines) is 1. The Labute approximate surface area is 127 Å². The van der Waals surface area contributed by atoms with Crippen LogP contribution < -0.4 is 5.73 Å². The van der Waals surface area contributed by atoms with Gasteiger partial charge in [0, 0.05) is 19.1 Å².